The monoisotopic (exact) mass is 547 g/mol. The SMILES string of the molecule is CC(C)(C)OC(=O)N[C@@H](CO[Si](C)(C)C(C)(C)C)[C@H]1OC(O)[C@]2(COC(=O)C(C)(C)C)OC(C)(C)O[C@H]12. The van der Waals surface area contributed by atoms with Crippen molar-refractivity contribution in [3.8, 4) is 0 Å². The summed E-state index contributed by atoms with van der Waals surface area (Å²) < 4.78 is 35.8. The maximum atomic E-state index is 12.8. The van der Waals surface area contributed by atoms with Gasteiger partial charge in [-0.15, -0.1) is 0 Å². The van der Waals surface area contributed by atoms with Gasteiger partial charge in [-0.2, -0.15) is 0 Å². The second-order valence-electron chi connectivity index (χ2n) is 14.1. The number of alkyl carbamates (subject to hydrolysis) is 1. The van der Waals surface area contributed by atoms with Crippen LogP contribution in [0.15, 0.2) is 0 Å². The van der Waals surface area contributed by atoms with Crippen LogP contribution in [0.25, 0.3) is 0 Å². The summed E-state index contributed by atoms with van der Waals surface area (Å²) in [7, 11) is -2.22. The first-order valence-electron chi connectivity index (χ1n) is 12.9. The van der Waals surface area contributed by atoms with E-state index in [4.69, 9.17) is 28.1 Å². The third kappa shape index (κ3) is 7.66. The fourth-order valence-corrected chi connectivity index (χ4v) is 4.92. The van der Waals surface area contributed by atoms with Crippen molar-refractivity contribution in [2.24, 2.45) is 5.41 Å². The predicted octanol–water partition coefficient (Wildman–Crippen LogP) is 4.10. The van der Waals surface area contributed by atoms with Crippen LogP contribution in [0.1, 0.15) is 76.2 Å². The van der Waals surface area contributed by atoms with Crippen LogP contribution in [0, 0.1) is 5.41 Å². The number of nitrogens with one attached hydrogen (secondary N) is 1. The van der Waals surface area contributed by atoms with Crippen molar-refractivity contribution >= 4 is 20.4 Å². The van der Waals surface area contributed by atoms with E-state index in [1.165, 1.54) is 0 Å². The molecule has 2 aliphatic heterocycles. The highest BCUT2D eigenvalue weighted by Crippen LogP contribution is 2.47. The molecule has 0 aromatic rings. The molecule has 2 rings (SSSR count). The Kier molecular flexibility index (Phi) is 8.97. The summed E-state index contributed by atoms with van der Waals surface area (Å²) in [5.41, 5.74) is -2.95. The predicted molar refractivity (Wildman–Crippen MR) is 140 cm³/mol. The molecule has 5 atom stereocenters. The molecular weight excluding hydrogens is 498 g/mol. The smallest absolute Gasteiger partial charge is 0.408 e. The van der Waals surface area contributed by atoms with Crippen molar-refractivity contribution in [3.05, 3.63) is 0 Å². The molecule has 0 aromatic heterocycles. The maximum absolute atomic E-state index is 12.8. The average Bonchev–Trinajstić information content (AvgIpc) is 3.08. The quantitative estimate of drug-likeness (QED) is 0.358. The minimum atomic E-state index is -2.22. The van der Waals surface area contributed by atoms with E-state index < -0.39 is 67.3 Å². The Morgan fingerprint density at radius 3 is 2.11 bits per heavy atom. The average molecular weight is 548 g/mol. The van der Waals surface area contributed by atoms with Crippen LogP contribution < -0.4 is 5.32 Å². The van der Waals surface area contributed by atoms with Crippen molar-refractivity contribution in [1.82, 2.24) is 5.32 Å². The molecule has 2 saturated heterocycles. The first kappa shape index (κ1) is 32.0. The first-order chi connectivity index (χ1) is 16.4. The van der Waals surface area contributed by atoms with E-state index in [-0.39, 0.29) is 18.3 Å². The van der Waals surface area contributed by atoms with Gasteiger partial charge in [-0.1, -0.05) is 20.8 Å². The van der Waals surface area contributed by atoms with Gasteiger partial charge in [-0.05, 0) is 73.5 Å². The molecular formula is C26H49NO9Si. The number of amides is 1. The van der Waals surface area contributed by atoms with E-state index >= 15 is 0 Å². The number of carbonyl (C=O) groups is 2. The van der Waals surface area contributed by atoms with Crippen LogP contribution in [-0.2, 0) is 32.9 Å². The molecule has 1 amide bonds. The van der Waals surface area contributed by atoms with E-state index in [0.717, 1.165) is 0 Å². The summed E-state index contributed by atoms with van der Waals surface area (Å²) in [6.07, 6.45) is -3.87. The van der Waals surface area contributed by atoms with Gasteiger partial charge >= 0.3 is 12.1 Å². The van der Waals surface area contributed by atoms with Crippen LogP contribution in [-0.4, -0.2) is 80.2 Å². The van der Waals surface area contributed by atoms with Gasteiger partial charge in [-0.3, -0.25) is 4.79 Å². The largest absolute Gasteiger partial charge is 0.462 e. The maximum Gasteiger partial charge on any atom is 0.408 e. The molecule has 0 aliphatic carbocycles. The number of rotatable bonds is 7. The lowest BCUT2D eigenvalue weighted by molar-refractivity contribution is -0.257. The van der Waals surface area contributed by atoms with Crippen LogP contribution in [0.2, 0.25) is 18.1 Å². The third-order valence-electron chi connectivity index (χ3n) is 6.90. The lowest BCUT2D eigenvalue weighted by Crippen LogP contribution is -2.57. The molecule has 0 aromatic carbocycles. The topological polar surface area (TPSA) is 122 Å². The van der Waals surface area contributed by atoms with E-state index in [9.17, 15) is 14.7 Å². The van der Waals surface area contributed by atoms with E-state index in [2.05, 4.69) is 39.2 Å². The molecule has 0 saturated carbocycles. The Morgan fingerprint density at radius 2 is 1.62 bits per heavy atom. The van der Waals surface area contributed by atoms with Gasteiger partial charge in [0.1, 0.15) is 24.4 Å². The lowest BCUT2D eigenvalue weighted by atomic mass is 9.92. The zero-order valence-corrected chi connectivity index (χ0v) is 25.9. The Labute approximate surface area is 223 Å². The summed E-state index contributed by atoms with van der Waals surface area (Å²) >= 11 is 0. The van der Waals surface area contributed by atoms with Crippen molar-refractivity contribution in [2.45, 2.75) is 136 Å². The number of hydrogen-bond acceptors (Lipinski definition) is 9. The van der Waals surface area contributed by atoms with Gasteiger partial charge in [-0.25, -0.2) is 4.79 Å². The number of carbonyl (C=O) groups excluding carboxylic acids is 2. The molecule has 11 heteroatoms. The van der Waals surface area contributed by atoms with Crippen molar-refractivity contribution in [1.29, 1.82) is 0 Å². The number of fused-ring (bicyclic) bond motifs is 1. The van der Waals surface area contributed by atoms with Gasteiger partial charge < -0.3 is 38.5 Å². The Bertz CT molecular complexity index is 840. The molecule has 0 bridgehead atoms. The van der Waals surface area contributed by atoms with Crippen LogP contribution in [0.3, 0.4) is 0 Å². The third-order valence-corrected chi connectivity index (χ3v) is 11.4. The summed E-state index contributed by atoms with van der Waals surface area (Å²) in [4.78, 5) is 25.4. The van der Waals surface area contributed by atoms with Gasteiger partial charge in [0.2, 0.25) is 0 Å². The summed E-state index contributed by atoms with van der Waals surface area (Å²) in [5.74, 6) is -1.55. The number of aliphatic hydroxyl groups is 1. The molecule has 10 nitrogen and oxygen atoms in total. The zero-order chi connectivity index (χ0) is 28.8. The summed E-state index contributed by atoms with van der Waals surface area (Å²) in [6.45, 7) is 24.4. The Morgan fingerprint density at radius 1 is 1.05 bits per heavy atom. The highest BCUT2D eigenvalue weighted by Gasteiger charge is 2.68. The fourth-order valence-electron chi connectivity index (χ4n) is 3.89. The molecule has 2 heterocycles. The molecule has 2 aliphatic rings. The first-order valence-corrected chi connectivity index (χ1v) is 15.8. The van der Waals surface area contributed by atoms with Crippen LogP contribution in [0.4, 0.5) is 4.79 Å². The second-order valence-corrected chi connectivity index (χ2v) is 18.9. The molecule has 0 spiro atoms. The number of hydrogen-bond donors (Lipinski definition) is 2. The van der Waals surface area contributed by atoms with Crippen molar-refractivity contribution in [2.75, 3.05) is 13.2 Å². The van der Waals surface area contributed by atoms with E-state index in [0.29, 0.717) is 0 Å². The molecule has 1 unspecified atom stereocenters. The Hall–Kier alpha value is -1.24. The standard InChI is InChI=1S/C26H49NO9Si/c1-22(2,3)19(28)31-15-26-18(34-25(10,11)36-26)17(33-20(26)29)16(27-21(30)35-23(4,5)6)14-32-37(12,13)24(7,8)9/h16-18,20,29H,14-15H2,1-13H3,(H,27,30)/t16-,17+,18+,20?,26+/m0/s1. The highest BCUT2D eigenvalue weighted by molar-refractivity contribution is 6.74. The molecule has 2 fully saturated rings. The number of esters is 1. The number of ether oxygens (including phenoxy) is 5. The van der Waals surface area contributed by atoms with Crippen LogP contribution in [0.5, 0.6) is 0 Å². The Balaban J connectivity index is 2.38. The summed E-state index contributed by atoms with van der Waals surface area (Å²) in [5, 5.41) is 13.9. The van der Waals surface area contributed by atoms with Gasteiger partial charge in [0.15, 0.2) is 26.0 Å². The van der Waals surface area contributed by atoms with Gasteiger partial charge in [0.25, 0.3) is 0 Å². The van der Waals surface area contributed by atoms with Crippen LogP contribution >= 0.6 is 0 Å². The fraction of sp³-hybridized carbons (Fsp3) is 0.923. The minimum Gasteiger partial charge on any atom is -0.462 e. The lowest BCUT2D eigenvalue weighted by Gasteiger charge is -2.38. The highest BCUT2D eigenvalue weighted by atomic mass is 28.4. The van der Waals surface area contributed by atoms with Crippen molar-refractivity contribution < 1.29 is 42.8 Å². The van der Waals surface area contributed by atoms with Gasteiger partial charge in [0.05, 0.1) is 18.1 Å². The number of aliphatic hydroxyl groups excluding tert-OH is 1. The van der Waals surface area contributed by atoms with E-state index in [1.54, 1.807) is 55.4 Å². The summed E-state index contributed by atoms with van der Waals surface area (Å²) in [6, 6.07) is -0.749. The minimum absolute atomic E-state index is 0.0700. The zero-order valence-electron chi connectivity index (χ0n) is 24.9. The van der Waals surface area contributed by atoms with E-state index in [1.807, 2.05) is 0 Å². The van der Waals surface area contributed by atoms with Gasteiger partial charge in [0, 0.05) is 0 Å². The second kappa shape index (κ2) is 10.4. The molecule has 37 heavy (non-hydrogen) atoms. The molecule has 0 radical (unpaired) electrons. The molecule has 2 N–H and O–H groups in total. The normalized spacial score (nSPS) is 29.0. The van der Waals surface area contributed by atoms with Crippen molar-refractivity contribution in [3.63, 3.8) is 0 Å². The molecule has 216 valence electrons.